The lowest BCUT2D eigenvalue weighted by molar-refractivity contribution is -0.112. The lowest BCUT2D eigenvalue weighted by Gasteiger charge is -2.18. The molecule has 0 saturated carbocycles. The molecular weight excluding hydrogens is 314 g/mol. The molecule has 0 bridgehead atoms. The summed E-state index contributed by atoms with van der Waals surface area (Å²) in [6.07, 6.45) is 5.92. The Morgan fingerprint density at radius 2 is 1.96 bits per heavy atom. The molecule has 1 heterocycles. The van der Waals surface area contributed by atoms with Crippen molar-refractivity contribution < 1.29 is 4.79 Å². The maximum atomic E-state index is 12.3. The molecule has 1 amide bonds. The van der Waals surface area contributed by atoms with E-state index < -0.39 is 5.91 Å². The highest BCUT2D eigenvalue weighted by atomic mass is 16.1. The maximum Gasteiger partial charge on any atom is 0.267 e. The monoisotopic (exact) mass is 335 g/mol. The van der Waals surface area contributed by atoms with Gasteiger partial charge in [-0.15, -0.1) is 0 Å². The van der Waals surface area contributed by atoms with Crippen LogP contribution in [0.1, 0.15) is 12.5 Å². The topological polar surface area (TPSA) is 95.0 Å². The molecule has 2 rings (SSSR count). The Kier molecular flexibility index (Phi) is 6.55. The van der Waals surface area contributed by atoms with Crippen molar-refractivity contribution in [1.29, 1.82) is 5.26 Å². The van der Waals surface area contributed by atoms with Gasteiger partial charge in [-0.25, -0.2) is 0 Å². The van der Waals surface area contributed by atoms with Crippen molar-refractivity contribution in [2.75, 3.05) is 24.1 Å². The first kappa shape index (κ1) is 18.0. The van der Waals surface area contributed by atoms with Gasteiger partial charge in [-0.1, -0.05) is 0 Å². The summed E-state index contributed by atoms with van der Waals surface area (Å²) in [5.74, 6) is -0.436. The van der Waals surface area contributed by atoms with Crippen LogP contribution in [0.5, 0.6) is 0 Å². The molecule has 0 aliphatic carbocycles. The van der Waals surface area contributed by atoms with Gasteiger partial charge in [0.2, 0.25) is 0 Å². The summed E-state index contributed by atoms with van der Waals surface area (Å²) in [7, 11) is 0. The number of nitrogens with two attached hydrogens (primary N) is 1. The SMILES string of the molecule is CCN(/C=C(/C#N)C(=O)Nc1ccc(N)cc1)CCc1ccncc1. The fourth-order valence-electron chi connectivity index (χ4n) is 2.22. The van der Waals surface area contributed by atoms with Gasteiger partial charge in [0.25, 0.3) is 5.91 Å². The zero-order valence-electron chi connectivity index (χ0n) is 14.1. The van der Waals surface area contributed by atoms with Gasteiger partial charge in [-0.05, 0) is 55.3 Å². The van der Waals surface area contributed by atoms with E-state index in [2.05, 4.69) is 10.3 Å². The molecule has 6 heteroatoms. The third-order valence-electron chi connectivity index (χ3n) is 3.69. The van der Waals surface area contributed by atoms with E-state index in [0.29, 0.717) is 24.5 Å². The highest BCUT2D eigenvalue weighted by Crippen LogP contribution is 2.12. The zero-order valence-corrected chi connectivity index (χ0v) is 14.1. The number of likely N-dealkylation sites (N-methyl/N-ethyl adjacent to an activating group) is 1. The summed E-state index contributed by atoms with van der Waals surface area (Å²) in [5, 5.41) is 12.0. The van der Waals surface area contributed by atoms with E-state index >= 15 is 0 Å². The van der Waals surface area contributed by atoms with Gasteiger partial charge < -0.3 is 16.0 Å². The lowest BCUT2D eigenvalue weighted by Crippen LogP contribution is -2.23. The van der Waals surface area contributed by atoms with Crippen LogP contribution >= 0.6 is 0 Å². The summed E-state index contributed by atoms with van der Waals surface area (Å²) in [4.78, 5) is 18.2. The van der Waals surface area contributed by atoms with Crippen molar-refractivity contribution in [1.82, 2.24) is 9.88 Å². The van der Waals surface area contributed by atoms with Gasteiger partial charge >= 0.3 is 0 Å². The predicted molar refractivity (Wildman–Crippen MR) is 98.4 cm³/mol. The van der Waals surface area contributed by atoms with Crippen LogP contribution in [-0.4, -0.2) is 28.9 Å². The minimum atomic E-state index is -0.436. The Morgan fingerprint density at radius 3 is 2.56 bits per heavy atom. The van der Waals surface area contributed by atoms with Crippen LogP contribution in [0.25, 0.3) is 0 Å². The molecular formula is C19H21N5O. The molecule has 6 nitrogen and oxygen atoms in total. The third-order valence-corrected chi connectivity index (χ3v) is 3.69. The average Bonchev–Trinajstić information content (AvgIpc) is 2.64. The first-order valence-corrected chi connectivity index (χ1v) is 8.04. The summed E-state index contributed by atoms with van der Waals surface area (Å²) in [6.45, 7) is 3.39. The molecule has 3 N–H and O–H groups in total. The van der Waals surface area contributed by atoms with Crippen LogP contribution in [0, 0.1) is 11.3 Å². The van der Waals surface area contributed by atoms with Crippen LogP contribution in [0.15, 0.2) is 60.6 Å². The summed E-state index contributed by atoms with van der Waals surface area (Å²) >= 11 is 0. The van der Waals surface area contributed by atoms with Gasteiger partial charge in [0.15, 0.2) is 0 Å². The predicted octanol–water partition coefficient (Wildman–Crippen LogP) is 2.57. The Balaban J connectivity index is 2.01. The minimum Gasteiger partial charge on any atom is -0.399 e. The maximum absolute atomic E-state index is 12.3. The molecule has 1 aromatic heterocycles. The van der Waals surface area contributed by atoms with Crippen LogP contribution in [-0.2, 0) is 11.2 Å². The molecule has 0 aliphatic heterocycles. The van der Waals surface area contributed by atoms with Gasteiger partial charge in [-0.3, -0.25) is 9.78 Å². The highest BCUT2D eigenvalue weighted by molar-refractivity contribution is 6.06. The number of hydrogen-bond acceptors (Lipinski definition) is 5. The summed E-state index contributed by atoms with van der Waals surface area (Å²) < 4.78 is 0. The highest BCUT2D eigenvalue weighted by Gasteiger charge is 2.11. The van der Waals surface area contributed by atoms with E-state index in [0.717, 1.165) is 12.0 Å². The summed E-state index contributed by atoms with van der Waals surface area (Å²) in [6, 6.07) is 12.7. The van der Waals surface area contributed by atoms with E-state index in [1.54, 1.807) is 42.9 Å². The number of anilines is 2. The molecule has 1 aromatic carbocycles. The Bertz CT molecular complexity index is 763. The Hall–Kier alpha value is -3.33. The van der Waals surface area contributed by atoms with E-state index in [1.807, 2.05) is 30.0 Å². The van der Waals surface area contributed by atoms with E-state index in [4.69, 9.17) is 5.73 Å². The molecule has 0 unspecified atom stereocenters. The first-order chi connectivity index (χ1) is 12.1. The number of nitrogen functional groups attached to an aromatic ring is 1. The molecule has 128 valence electrons. The second-order valence-corrected chi connectivity index (χ2v) is 5.46. The van der Waals surface area contributed by atoms with Gasteiger partial charge in [0.1, 0.15) is 11.6 Å². The van der Waals surface area contributed by atoms with Crippen molar-refractivity contribution >= 4 is 17.3 Å². The van der Waals surface area contributed by atoms with Crippen molar-refractivity contribution in [2.24, 2.45) is 0 Å². The number of carbonyl (C=O) groups is 1. The largest absolute Gasteiger partial charge is 0.399 e. The normalized spacial score (nSPS) is 10.8. The number of benzene rings is 1. The van der Waals surface area contributed by atoms with Crippen LogP contribution in [0.2, 0.25) is 0 Å². The van der Waals surface area contributed by atoms with E-state index in [-0.39, 0.29) is 5.57 Å². The molecule has 2 aromatic rings. The number of pyridine rings is 1. The lowest BCUT2D eigenvalue weighted by atomic mass is 10.2. The molecule has 0 fully saturated rings. The zero-order chi connectivity index (χ0) is 18.1. The van der Waals surface area contributed by atoms with Gasteiger partial charge in [0.05, 0.1) is 0 Å². The quantitative estimate of drug-likeness (QED) is 0.461. The number of amides is 1. The van der Waals surface area contributed by atoms with Crippen molar-refractivity contribution in [3.63, 3.8) is 0 Å². The fraction of sp³-hybridized carbons (Fsp3) is 0.211. The average molecular weight is 335 g/mol. The number of carbonyl (C=O) groups excluding carboxylic acids is 1. The number of hydrogen-bond donors (Lipinski definition) is 2. The third kappa shape index (κ3) is 5.66. The number of nitriles is 1. The van der Waals surface area contributed by atoms with Crippen molar-refractivity contribution in [3.8, 4) is 6.07 Å². The summed E-state index contributed by atoms with van der Waals surface area (Å²) in [5.41, 5.74) is 8.05. The molecule has 25 heavy (non-hydrogen) atoms. The van der Waals surface area contributed by atoms with Crippen LogP contribution < -0.4 is 11.1 Å². The fourth-order valence-corrected chi connectivity index (χ4v) is 2.22. The van der Waals surface area contributed by atoms with Crippen LogP contribution in [0.4, 0.5) is 11.4 Å². The number of nitrogens with zero attached hydrogens (tertiary/aromatic N) is 3. The molecule has 0 saturated heterocycles. The second kappa shape index (κ2) is 9.08. The smallest absolute Gasteiger partial charge is 0.267 e. The standard InChI is InChI=1S/C19H21N5O/c1-2-24(12-9-15-7-10-22-11-8-15)14-16(13-20)19(25)23-18-5-3-17(21)4-6-18/h3-8,10-11,14H,2,9,12,21H2,1H3,(H,23,25)/b16-14-. The van der Waals surface area contributed by atoms with Crippen molar-refractivity contribution in [2.45, 2.75) is 13.3 Å². The number of rotatable bonds is 7. The first-order valence-electron chi connectivity index (χ1n) is 8.04. The Morgan fingerprint density at radius 1 is 1.28 bits per heavy atom. The van der Waals surface area contributed by atoms with Gasteiger partial charge in [-0.2, -0.15) is 5.26 Å². The Labute approximate surface area is 147 Å². The van der Waals surface area contributed by atoms with Gasteiger partial charge in [0, 0.05) is 43.1 Å². The number of nitrogens with one attached hydrogen (secondary N) is 1. The molecule has 0 aliphatic rings. The second-order valence-electron chi connectivity index (χ2n) is 5.46. The molecule has 0 atom stereocenters. The minimum absolute atomic E-state index is 0.0633. The molecule has 0 spiro atoms. The van der Waals surface area contributed by atoms with E-state index in [1.165, 1.54) is 0 Å². The van der Waals surface area contributed by atoms with Crippen LogP contribution in [0.3, 0.4) is 0 Å². The van der Waals surface area contributed by atoms with E-state index in [9.17, 15) is 10.1 Å². The van der Waals surface area contributed by atoms with Crippen molar-refractivity contribution in [3.05, 3.63) is 66.1 Å². The molecule has 0 radical (unpaired) electrons. The number of aromatic nitrogens is 1.